The highest BCUT2D eigenvalue weighted by Gasteiger charge is 2.46. The van der Waals surface area contributed by atoms with Crippen LogP contribution in [-0.4, -0.2) is 69.2 Å². The second-order valence-corrected chi connectivity index (χ2v) is 13.0. The number of phosphoric ester groups is 1. The van der Waals surface area contributed by atoms with Crippen molar-refractivity contribution in [3.63, 3.8) is 0 Å². The summed E-state index contributed by atoms with van der Waals surface area (Å²) < 4.78 is 27.3. The molecule has 41 heavy (non-hydrogen) atoms. The molecular weight excluding hydrogens is 547 g/mol. The SMILES string of the molecule is CC(C)=CCC/C(C)=C/CC/C(C)=C/CC/C(C)=C\CCC(C)CCOP(=O)(O)O[C@@H]1OC(CO)[C@@H](O)C(O)C1O. The van der Waals surface area contributed by atoms with Gasteiger partial charge in [0.25, 0.3) is 0 Å². The normalized spacial score (nSPS) is 26.5. The molecule has 1 rings (SSSR count). The van der Waals surface area contributed by atoms with Gasteiger partial charge in [0, 0.05) is 0 Å². The summed E-state index contributed by atoms with van der Waals surface area (Å²) in [5.41, 5.74) is 5.61. The quantitative estimate of drug-likeness (QED) is 0.0905. The fraction of sp³-hybridized carbons (Fsp3) is 0.742. The van der Waals surface area contributed by atoms with E-state index in [1.165, 1.54) is 22.3 Å². The first kappa shape index (κ1) is 37.9. The summed E-state index contributed by atoms with van der Waals surface area (Å²) >= 11 is 0. The molecular formula is C31H55O9P. The minimum Gasteiger partial charge on any atom is -0.394 e. The molecule has 0 bridgehead atoms. The molecule has 9 nitrogen and oxygen atoms in total. The van der Waals surface area contributed by atoms with Crippen LogP contribution in [0.25, 0.3) is 0 Å². The van der Waals surface area contributed by atoms with Gasteiger partial charge in [-0.15, -0.1) is 0 Å². The van der Waals surface area contributed by atoms with Gasteiger partial charge < -0.3 is 30.1 Å². The lowest BCUT2D eigenvalue weighted by molar-refractivity contribution is -0.281. The van der Waals surface area contributed by atoms with Gasteiger partial charge in [0.1, 0.15) is 24.4 Å². The molecule has 1 fully saturated rings. The molecule has 0 saturated carbocycles. The Morgan fingerprint density at radius 2 is 1.32 bits per heavy atom. The van der Waals surface area contributed by atoms with E-state index in [-0.39, 0.29) is 12.5 Å². The van der Waals surface area contributed by atoms with Crippen molar-refractivity contribution in [1.82, 2.24) is 0 Å². The average molecular weight is 603 g/mol. The molecule has 7 atom stereocenters. The maximum Gasteiger partial charge on any atom is 0.474 e. The van der Waals surface area contributed by atoms with Crippen LogP contribution in [0.3, 0.4) is 0 Å². The second kappa shape index (κ2) is 19.9. The van der Waals surface area contributed by atoms with E-state index in [9.17, 15) is 29.9 Å². The highest BCUT2D eigenvalue weighted by atomic mass is 31.2. The Morgan fingerprint density at radius 3 is 1.83 bits per heavy atom. The third kappa shape index (κ3) is 16.3. The van der Waals surface area contributed by atoms with Gasteiger partial charge in [-0.2, -0.15) is 0 Å². The van der Waals surface area contributed by atoms with E-state index < -0.39 is 45.1 Å². The van der Waals surface area contributed by atoms with Crippen molar-refractivity contribution < 1.29 is 43.7 Å². The second-order valence-electron chi connectivity index (χ2n) is 11.6. The Labute approximate surface area is 247 Å². The maximum absolute atomic E-state index is 12.3. The highest BCUT2D eigenvalue weighted by molar-refractivity contribution is 7.47. The minimum absolute atomic E-state index is 0.0384. The van der Waals surface area contributed by atoms with Crippen molar-refractivity contribution >= 4 is 7.82 Å². The van der Waals surface area contributed by atoms with Gasteiger partial charge in [-0.1, -0.05) is 53.5 Å². The van der Waals surface area contributed by atoms with E-state index in [1.54, 1.807) is 0 Å². The minimum atomic E-state index is -4.60. The van der Waals surface area contributed by atoms with Crippen LogP contribution in [0.2, 0.25) is 0 Å². The van der Waals surface area contributed by atoms with Crippen molar-refractivity contribution in [2.24, 2.45) is 5.92 Å². The smallest absolute Gasteiger partial charge is 0.394 e. The van der Waals surface area contributed by atoms with Gasteiger partial charge in [0.2, 0.25) is 0 Å². The van der Waals surface area contributed by atoms with Crippen LogP contribution in [0, 0.1) is 5.92 Å². The molecule has 0 amide bonds. The lowest BCUT2D eigenvalue weighted by atomic mass is 10.00. The summed E-state index contributed by atoms with van der Waals surface area (Å²) in [7, 11) is -4.60. The van der Waals surface area contributed by atoms with Crippen LogP contribution >= 0.6 is 7.82 Å². The van der Waals surface area contributed by atoms with Crippen LogP contribution < -0.4 is 0 Å². The Hall–Kier alpha value is -1.13. The summed E-state index contributed by atoms with van der Waals surface area (Å²) in [6.07, 6.45) is 10.0. The van der Waals surface area contributed by atoms with E-state index in [0.29, 0.717) is 6.42 Å². The largest absolute Gasteiger partial charge is 0.474 e. The number of hydrogen-bond donors (Lipinski definition) is 5. The first-order valence-electron chi connectivity index (χ1n) is 14.8. The summed E-state index contributed by atoms with van der Waals surface area (Å²) in [5.74, 6) is 0.243. The highest BCUT2D eigenvalue weighted by Crippen LogP contribution is 2.46. The zero-order chi connectivity index (χ0) is 31.0. The summed E-state index contributed by atoms with van der Waals surface area (Å²) in [4.78, 5) is 9.99. The fourth-order valence-corrected chi connectivity index (χ4v) is 5.27. The van der Waals surface area contributed by atoms with Gasteiger partial charge in [-0.3, -0.25) is 9.05 Å². The van der Waals surface area contributed by atoms with Crippen LogP contribution in [0.4, 0.5) is 0 Å². The Balaban J connectivity index is 2.29. The molecule has 0 aromatic heterocycles. The maximum atomic E-state index is 12.3. The Bertz CT molecular complexity index is 921. The average Bonchev–Trinajstić information content (AvgIpc) is 2.88. The van der Waals surface area contributed by atoms with Crippen molar-refractivity contribution in [3.05, 3.63) is 46.6 Å². The van der Waals surface area contributed by atoms with Crippen molar-refractivity contribution in [2.45, 2.75) is 130 Å². The first-order valence-corrected chi connectivity index (χ1v) is 16.3. The standard InChI is InChI=1S/C31H55O9P/c1-22(2)11-7-12-23(3)13-8-14-24(4)15-9-16-25(5)17-10-18-26(6)19-20-38-41(36,37)40-31-30(35)29(34)28(33)27(21-32)39-31/h11,13,15,17,26-35H,7-10,12,14,16,18-21H2,1-6H3,(H,36,37)/b23-13+,24-15+,25-17-/t26?,27?,28-,29?,30?,31+/m1/s1. The van der Waals surface area contributed by atoms with E-state index in [0.717, 1.165) is 51.4 Å². The molecule has 0 radical (unpaired) electrons. The van der Waals surface area contributed by atoms with Gasteiger partial charge in [0.05, 0.1) is 13.2 Å². The third-order valence-corrected chi connectivity index (χ3v) is 8.24. The zero-order valence-corrected chi connectivity index (χ0v) is 26.8. The van der Waals surface area contributed by atoms with E-state index >= 15 is 0 Å². The Morgan fingerprint density at radius 1 is 0.805 bits per heavy atom. The number of allylic oxidation sites excluding steroid dienone is 8. The van der Waals surface area contributed by atoms with Crippen molar-refractivity contribution in [3.8, 4) is 0 Å². The van der Waals surface area contributed by atoms with Crippen molar-refractivity contribution in [1.29, 1.82) is 0 Å². The van der Waals surface area contributed by atoms with Crippen LogP contribution in [0.5, 0.6) is 0 Å². The van der Waals surface area contributed by atoms with Gasteiger partial charge in [-0.25, -0.2) is 4.57 Å². The third-order valence-electron chi connectivity index (χ3n) is 7.26. The molecule has 0 spiro atoms. The van der Waals surface area contributed by atoms with Crippen LogP contribution in [0.1, 0.15) is 99.3 Å². The number of aliphatic hydroxyl groups excluding tert-OH is 4. The molecule has 10 heteroatoms. The Kier molecular flexibility index (Phi) is 18.4. The molecule has 0 aliphatic carbocycles. The van der Waals surface area contributed by atoms with Crippen molar-refractivity contribution in [2.75, 3.05) is 13.2 Å². The number of phosphoric acid groups is 1. The number of ether oxygens (including phenoxy) is 1. The van der Waals surface area contributed by atoms with E-state index in [1.807, 2.05) is 6.92 Å². The molecule has 5 unspecified atom stereocenters. The van der Waals surface area contributed by atoms with Gasteiger partial charge >= 0.3 is 7.82 Å². The van der Waals surface area contributed by atoms with Crippen LogP contribution in [0.15, 0.2) is 46.6 Å². The summed E-state index contributed by atoms with van der Waals surface area (Å²) in [6, 6.07) is 0. The predicted octanol–water partition coefficient (Wildman–Crippen LogP) is 5.87. The number of rotatable bonds is 19. The monoisotopic (exact) mass is 602 g/mol. The fourth-order valence-electron chi connectivity index (χ4n) is 4.43. The number of aliphatic hydroxyl groups is 4. The molecule has 0 aromatic carbocycles. The first-order chi connectivity index (χ1) is 19.3. The predicted molar refractivity (Wildman–Crippen MR) is 162 cm³/mol. The molecule has 1 aliphatic rings. The molecule has 1 heterocycles. The molecule has 1 saturated heterocycles. The lowest BCUT2D eigenvalue weighted by Gasteiger charge is -2.39. The van der Waals surface area contributed by atoms with E-state index in [2.05, 4.69) is 58.9 Å². The lowest BCUT2D eigenvalue weighted by Crippen LogP contribution is -2.58. The molecule has 5 N–H and O–H groups in total. The topological polar surface area (TPSA) is 146 Å². The summed E-state index contributed by atoms with van der Waals surface area (Å²) in [5, 5.41) is 38.8. The number of hydrogen-bond acceptors (Lipinski definition) is 8. The molecule has 0 aromatic rings. The molecule has 1 aliphatic heterocycles. The van der Waals surface area contributed by atoms with Gasteiger partial charge in [0.15, 0.2) is 6.29 Å². The van der Waals surface area contributed by atoms with E-state index in [4.69, 9.17) is 13.8 Å². The van der Waals surface area contributed by atoms with Crippen LogP contribution in [-0.2, 0) is 18.3 Å². The zero-order valence-electron chi connectivity index (χ0n) is 25.9. The van der Waals surface area contributed by atoms with Gasteiger partial charge in [-0.05, 0) is 98.3 Å². The summed E-state index contributed by atoms with van der Waals surface area (Å²) in [6.45, 7) is 12.2. The molecule has 238 valence electrons.